The second-order valence-electron chi connectivity index (χ2n) is 5.48. The summed E-state index contributed by atoms with van der Waals surface area (Å²) in [6.45, 7) is 5.81. The highest BCUT2D eigenvalue weighted by Crippen LogP contribution is 2.34. The molecule has 0 atom stereocenters. The average Bonchev–Trinajstić information content (AvgIpc) is 2.43. The van der Waals surface area contributed by atoms with E-state index in [1.807, 2.05) is 13.0 Å². The molecule has 1 aliphatic heterocycles. The van der Waals surface area contributed by atoms with Crippen LogP contribution >= 0.6 is 11.6 Å². The van der Waals surface area contributed by atoms with Crippen molar-refractivity contribution < 1.29 is 4.79 Å². The van der Waals surface area contributed by atoms with Gasteiger partial charge in [0.2, 0.25) is 5.91 Å². The summed E-state index contributed by atoms with van der Waals surface area (Å²) >= 11 is 6.19. The zero-order valence-corrected chi connectivity index (χ0v) is 13.4. The molecule has 0 aliphatic carbocycles. The van der Waals surface area contributed by atoms with Crippen LogP contribution in [-0.2, 0) is 4.79 Å². The second-order valence-corrected chi connectivity index (χ2v) is 5.89. The number of carbonyl (C=O) groups excluding carboxylic acids is 1. The molecule has 1 saturated heterocycles. The molecule has 6 heteroatoms. The lowest BCUT2D eigenvalue weighted by Crippen LogP contribution is -2.44. The number of hydrogen-bond donors (Lipinski definition) is 2. The molecule has 1 aromatic rings. The standard InChI is InChI=1S/C15H23ClN4O/c1-3-4-15(21)18-13-10-14(12(17)9-11(13)16)20-7-5-19(2)6-8-20/h9-10H,3-8,17H2,1-2H3,(H,18,21). The number of amides is 1. The smallest absolute Gasteiger partial charge is 0.224 e. The third kappa shape index (κ3) is 4.02. The molecule has 1 amide bonds. The third-order valence-electron chi connectivity index (χ3n) is 3.71. The van der Waals surface area contributed by atoms with Crippen LogP contribution in [0.4, 0.5) is 17.1 Å². The van der Waals surface area contributed by atoms with Crippen molar-refractivity contribution in [1.29, 1.82) is 0 Å². The van der Waals surface area contributed by atoms with E-state index in [0.29, 0.717) is 22.8 Å². The van der Waals surface area contributed by atoms with Crippen molar-refractivity contribution in [3.63, 3.8) is 0 Å². The lowest BCUT2D eigenvalue weighted by Gasteiger charge is -2.35. The first-order valence-corrected chi connectivity index (χ1v) is 7.71. The zero-order chi connectivity index (χ0) is 15.4. The van der Waals surface area contributed by atoms with Gasteiger partial charge in [-0.1, -0.05) is 18.5 Å². The topological polar surface area (TPSA) is 61.6 Å². The van der Waals surface area contributed by atoms with Gasteiger partial charge in [0.05, 0.1) is 22.1 Å². The van der Waals surface area contributed by atoms with Gasteiger partial charge < -0.3 is 20.9 Å². The van der Waals surface area contributed by atoms with Gasteiger partial charge in [0.25, 0.3) is 0 Å². The van der Waals surface area contributed by atoms with Crippen LogP contribution in [0.3, 0.4) is 0 Å². The van der Waals surface area contributed by atoms with E-state index in [2.05, 4.69) is 22.2 Å². The molecule has 1 heterocycles. The number of likely N-dealkylation sites (N-methyl/N-ethyl adjacent to an activating group) is 1. The molecule has 0 bridgehead atoms. The number of nitrogen functional groups attached to an aromatic ring is 1. The Morgan fingerprint density at radius 2 is 2.00 bits per heavy atom. The summed E-state index contributed by atoms with van der Waals surface area (Å²) in [5, 5.41) is 3.34. The summed E-state index contributed by atoms with van der Waals surface area (Å²) in [4.78, 5) is 16.3. The molecule has 0 radical (unpaired) electrons. The molecule has 1 aliphatic rings. The third-order valence-corrected chi connectivity index (χ3v) is 4.02. The Bertz CT molecular complexity index is 513. The summed E-state index contributed by atoms with van der Waals surface area (Å²) in [7, 11) is 2.11. The number of benzene rings is 1. The molecule has 1 fully saturated rings. The Morgan fingerprint density at radius 1 is 1.33 bits per heavy atom. The van der Waals surface area contributed by atoms with Gasteiger partial charge in [-0.3, -0.25) is 4.79 Å². The SMILES string of the molecule is CCCC(=O)Nc1cc(N2CCN(C)CC2)c(N)cc1Cl. The first kappa shape index (κ1) is 15.9. The number of hydrogen-bond acceptors (Lipinski definition) is 4. The van der Waals surface area contributed by atoms with E-state index < -0.39 is 0 Å². The lowest BCUT2D eigenvalue weighted by atomic mass is 10.2. The fourth-order valence-corrected chi connectivity index (χ4v) is 2.65. The van der Waals surface area contributed by atoms with Gasteiger partial charge in [-0.2, -0.15) is 0 Å². The molecule has 0 saturated carbocycles. The summed E-state index contributed by atoms with van der Waals surface area (Å²) in [5.41, 5.74) is 8.32. The van der Waals surface area contributed by atoms with E-state index in [0.717, 1.165) is 38.3 Å². The minimum absolute atomic E-state index is 0.0199. The predicted molar refractivity (Wildman–Crippen MR) is 89.1 cm³/mol. The fourth-order valence-electron chi connectivity index (χ4n) is 2.43. The van der Waals surface area contributed by atoms with Crippen molar-refractivity contribution in [3.05, 3.63) is 17.2 Å². The number of anilines is 3. The molecule has 21 heavy (non-hydrogen) atoms. The van der Waals surface area contributed by atoms with Crippen molar-refractivity contribution in [2.24, 2.45) is 0 Å². The van der Waals surface area contributed by atoms with Crippen LogP contribution in [0.2, 0.25) is 5.02 Å². The van der Waals surface area contributed by atoms with Crippen molar-refractivity contribution in [2.75, 3.05) is 49.2 Å². The van der Waals surface area contributed by atoms with Gasteiger partial charge in [-0.25, -0.2) is 0 Å². The van der Waals surface area contributed by atoms with E-state index in [1.54, 1.807) is 6.07 Å². The molecular formula is C15H23ClN4O. The van der Waals surface area contributed by atoms with Crippen LogP contribution in [-0.4, -0.2) is 44.0 Å². The summed E-state index contributed by atoms with van der Waals surface area (Å²) in [6.07, 6.45) is 1.30. The molecule has 0 unspecified atom stereocenters. The average molecular weight is 311 g/mol. The Balaban J connectivity index is 2.19. The maximum atomic E-state index is 11.8. The highest BCUT2D eigenvalue weighted by Gasteiger charge is 2.18. The molecule has 3 N–H and O–H groups in total. The van der Waals surface area contributed by atoms with Crippen LogP contribution in [0.25, 0.3) is 0 Å². The first-order valence-electron chi connectivity index (χ1n) is 7.33. The number of carbonyl (C=O) groups is 1. The number of halogens is 1. The molecular weight excluding hydrogens is 288 g/mol. The maximum Gasteiger partial charge on any atom is 0.224 e. The zero-order valence-electron chi connectivity index (χ0n) is 12.7. The van der Waals surface area contributed by atoms with E-state index in [-0.39, 0.29) is 5.91 Å². The second kappa shape index (κ2) is 7.00. The summed E-state index contributed by atoms with van der Waals surface area (Å²) in [6, 6.07) is 3.60. The van der Waals surface area contributed by atoms with E-state index >= 15 is 0 Å². The predicted octanol–water partition coefficient (Wildman–Crippen LogP) is 2.41. The number of rotatable bonds is 4. The number of nitrogens with two attached hydrogens (primary N) is 1. The van der Waals surface area contributed by atoms with Crippen molar-refractivity contribution in [1.82, 2.24) is 4.90 Å². The molecule has 0 spiro atoms. The first-order chi connectivity index (χ1) is 10.0. The Labute approximate surface area is 131 Å². The molecule has 116 valence electrons. The summed E-state index contributed by atoms with van der Waals surface area (Å²) in [5.74, 6) is -0.0199. The van der Waals surface area contributed by atoms with Crippen LogP contribution < -0.4 is 16.0 Å². The van der Waals surface area contributed by atoms with Crippen LogP contribution in [0, 0.1) is 0 Å². The minimum atomic E-state index is -0.0199. The van der Waals surface area contributed by atoms with Gasteiger partial charge in [-0.15, -0.1) is 0 Å². The Morgan fingerprint density at radius 3 is 2.62 bits per heavy atom. The highest BCUT2D eigenvalue weighted by atomic mass is 35.5. The highest BCUT2D eigenvalue weighted by molar-refractivity contribution is 6.34. The molecule has 2 rings (SSSR count). The maximum absolute atomic E-state index is 11.8. The Hall–Kier alpha value is -1.46. The number of nitrogens with one attached hydrogen (secondary N) is 1. The van der Waals surface area contributed by atoms with Crippen LogP contribution in [0.15, 0.2) is 12.1 Å². The molecule has 0 aromatic heterocycles. The van der Waals surface area contributed by atoms with Gasteiger partial charge in [0, 0.05) is 32.6 Å². The van der Waals surface area contributed by atoms with Gasteiger partial charge in [0.1, 0.15) is 0 Å². The lowest BCUT2D eigenvalue weighted by molar-refractivity contribution is -0.116. The van der Waals surface area contributed by atoms with Crippen molar-refractivity contribution >= 4 is 34.6 Å². The Kier molecular flexibility index (Phi) is 5.31. The monoisotopic (exact) mass is 310 g/mol. The van der Waals surface area contributed by atoms with Crippen molar-refractivity contribution in [2.45, 2.75) is 19.8 Å². The van der Waals surface area contributed by atoms with Gasteiger partial charge in [0.15, 0.2) is 0 Å². The molecule has 5 nitrogen and oxygen atoms in total. The van der Waals surface area contributed by atoms with Gasteiger partial charge >= 0.3 is 0 Å². The minimum Gasteiger partial charge on any atom is -0.397 e. The van der Waals surface area contributed by atoms with E-state index in [4.69, 9.17) is 17.3 Å². The number of nitrogens with zero attached hydrogens (tertiary/aromatic N) is 2. The van der Waals surface area contributed by atoms with E-state index in [9.17, 15) is 4.79 Å². The summed E-state index contributed by atoms with van der Waals surface area (Å²) < 4.78 is 0. The van der Waals surface area contributed by atoms with Crippen molar-refractivity contribution in [3.8, 4) is 0 Å². The fraction of sp³-hybridized carbons (Fsp3) is 0.533. The van der Waals surface area contributed by atoms with Crippen LogP contribution in [0.5, 0.6) is 0 Å². The van der Waals surface area contributed by atoms with Crippen LogP contribution in [0.1, 0.15) is 19.8 Å². The van der Waals surface area contributed by atoms with Gasteiger partial charge in [-0.05, 0) is 25.6 Å². The normalized spacial score (nSPS) is 16.0. The quantitative estimate of drug-likeness (QED) is 0.838. The molecule has 1 aromatic carbocycles. The number of piperazine rings is 1. The van der Waals surface area contributed by atoms with E-state index in [1.165, 1.54) is 0 Å². The largest absolute Gasteiger partial charge is 0.397 e.